The molecular formula is C9H18N2O3. The van der Waals surface area contributed by atoms with Gasteiger partial charge in [0.05, 0.1) is 0 Å². The summed E-state index contributed by atoms with van der Waals surface area (Å²) in [5, 5.41) is 7.42. The van der Waals surface area contributed by atoms with Gasteiger partial charge in [-0.25, -0.2) is 0 Å². The number of rotatable bonds is 0. The van der Waals surface area contributed by atoms with Crippen LogP contribution in [0.3, 0.4) is 0 Å². The van der Waals surface area contributed by atoms with E-state index in [0.717, 1.165) is 32.9 Å². The molecule has 0 radical (unpaired) electrons. The van der Waals surface area contributed by atoms with Crippen molar-refractivity contribution in [2.75, 3.05) is 13.1 Å². The first-order chi connectivity index (χ1) is 6.43. The summed E-state index contributed by atoms with van der Waals surface area (Å²) in [7, 11) is 0. The van der Waals surface area contributed by atoms with Gasteiger partial charge in [-0.05, 0) is 12.8 Å². The highest BCUT2D eigenvalue weighted by Gasteiger charge is 2.17. The standard InChI is InChI=1S/C7H14N2O.C2H4O2/c1-6(10)9-4-2-3-7(8)5-9;1-2(3)4/h7H,2-5,8H2,1H3;1H3,(H,3,4). The third-order valence-corrected chi connectivity index (χ3v) is 1.90. The van der Waals surface area contributed by atoms with Crippen LogP contribution in [0.1, 0.15) is 26.7 Å². The summed E-state index contributed by atoms with van der Waals surface area (Å²) < 4.78 is 0. The fraction of sp³-hybridized carbons (Fsp3) is 0.778. The molecule has 1 amide bonds. The Morgan fingerprint density at radius 3 is 2.21 bits per heavy atom. The molecule has 1 saturated heterocycles. The predicted octanol–water partition coefficient (Wildman–Crippen LogP) is 0.0469. The number of hydrogen-bond acceptors (Lipinski definition) is 3. The number of nitrogens with two attached hydrogens (primary N) is 1. The fourth-order valence-corrected chi connectivity index (χ4v) is 1.30. The van der Waals surface area contributed by atoms with Gasteiger partial charge in [0.1, 0.15) is 0 Å². The molecule has 1 atom stereocenters. The second-order valence-electron chi connectivity index (χ2n) is 3.39. The number of carboxylic acid groups (broad SMARTS) is 1. The highest BCUT2D eigenvalue weighted by molar-refractivity contribution is 5.73. The highest BCUT2D eigenvalue weighted by atomic mass is 16.4. The Bertz CT molecular complexity index is 202. The van der Waals surface area contributed by atoms with Gasteiger partial charge in [-0.1, -0.05) is 0 Å². The van der Waals surface area contributed by atoms with E-state index < -0.39 is 5.97 Å². The lowest BCUT2D eigenvalue weighted by molar-refractivity contribution is -0.134. The van der Waals surface area contributed by atoms with Gasteiger partial charge in [0.25, 0.3) is 5.97 Å². The van der Waals surface area contributed by atoms with E-state index in [2.05, 4.69) is 0 Å². The van der Waals surface area contributed by atoms with Gasteiger partial charge in [-0.15, -0.1) is 0 Å². The van der Waals surface area contributed by atoms with Crippen LogP contribution in [-0.4, -0.2) is 41.0 Å². The number of likely N-dealkylation sites (tertiary alicyclic amines) is 1. The van der Waals surface area contributed by atoms with Gasteiger partial charge in [-0.2, -0.15) is 0 Å². The molecule has 0 spiro atoms. The molecular weight excluding hydrogens is 184 g/mol. The van der Waals surface area contributed by atoms with E-state index in [1.54, 1.807) is 6.92 Å². The third kappa shape index (κ3) is 6.42. The van der Waals surface area contributed by atoms with E-state index in [4.69, 9.17) is 15.6 Å². The minimum Gasteiger partial charge on any atom is -0.481 e. The van der Waals surface area contributed by atoms with E-state index in [0.29, 0.717) is 0 Å². The molecule has 1 aliphatic heterocycles. The first-order valence-corrected chi connectivity index (χ1v) is 4.64. The Morgan fingerprint density at radius 2 is 1.93 bits per heavy atom. The molecule has 14 heavy (non-hydrogen) atoms. The molecule has 3 N–H and O–H groups in total. The van der Waals surface area contributed by atoms with Crippen molar-refractivity contribution in [3.63, 3.8) is 0 Å². The van der Waals surface area contributed by atoms with Gasteiger partial charge >= 0.3 is 0 Å². The molecule has 1 fully saturated rings. The molecule has 0 aromatic carbocycles. The van der Waals surface area contributed by atoms with E-state index in [9.17, 15) is 4.79 Å². The van der Waals surface area contributed by atoms with Crippen LogP contribution in [0.2, 0.25) is 0 Å². The molecule has 1 unspecified atom stereocenters. The number of amides is 1. The van der Waals surface area contributed by atoms with Crippen molar-refractivity contribution < 1.29 is 14.7 Å². The maximum Gasteiger partial charge on any atom is 0.300 e. The van der Waals surface area contributed by atoms with Crippen molar-refractivity contribution in [1.82, 2.24) is 4.90 Å². The molecule has 82 valence electrons. The number of hydrogen-bond donors (Lipinski definition) is 2. The topological polar surface area (TPSA) is 83.6 Å². The largest absolute Gasteiger partial charge is 0.481 e. The summed E-state index contributed by atoms with van der Waals surface area (Å²) in [6, 6.07) is 0.206. The van der Waals surface area contributed by atoms with Crippen LogP contribution in [-0.2, 0) is 9.59 Å². The zero-order chi connectivity index (χ0) is 11.1. The summed E-state index contributed by atoms with van der Waals surface area (Å²) >= 11 is 0. The maximum atomic E-state index is 10.8. The minimum atomic E-state index is -0.833. The molecule has 0 aliphatic carbocycles. The van der Waals surface area contributed by atoms with Crippen LogP contribution in [0.25, 0.3) is 0 Å². The second-order valence-corrected chi connectivity index (χ2v) is 3.39. The Hall–Kier alpha value is -1.10. The van der Waals surface area contributed by atoms with Crippen LogP contribution < -0.4 is 5.73 Å². The lowest BCUT2D eigenvalue weighted by Crippen LogP contribution is -2.44. The van der Waals surface area contributed by atoms with E-state index in [-0.39, 0.29) is 11.9 Å². The van der Waals surface area contributed by atoms with Crippen molar-refractivity contribution in [1.29, 1.82) is 0 Å². The summed E-state index contributed by atoms with van der Waals surface area (Å²) in [5.74, 6) is -0.685. The van der Waals surface area contributed by atoms with Crippen LogP contribution in [0.15, 0.2) is 0 Å². The number of carbonyl (C=O) groups excluding carboxylic acids is 1. The third-order valence-electron chi connectivity index (χ3n) is 1.90. The Labute approximate surface area is 83.9 Å². The maximum absolute atomic E-state index is 10.8. The Balaban J connectivity index is 0.000000364. The van der Waals surface area contributed by atoms with Crippen molar-refractivity contribution in [3.05, 3.63) is 0 Å². The normalized spacial score (nSPS) is 20.8. The number of carbonyl (C=O) groups is 2. The van der Waals surface area contributed by atoms with Crippen molar-refractivity contribution in [2.45, 2.75) is 32.7 Å². The summed E-state index contributed by atoms with van der Waals surface area (Å²) in [6.45, 7) is 4.32. The molecule has 5 nitrogen and oxygen atoms in total. The number of carboxylic acids is 1. The fourth-order valence-electron chi connectivity index (χ4n) is 1.30. The van der Waals surface area contributed by atoms with Gasteiger partial charge in [-0.3, -0.25) is 9.59 Å². The van der Waals surface area contributed by atoms with Gasteiger partial charge < -0.3 is 15.7 Å². The summed E-state index contributed by atoms with van der Waals surface area (Å²) in [4.78, 5) is 21.6. The zero-order valence-corrected chi connectivity index (χ0v) is 8.69. The van der Waals surface area contributed by atoms with E-state index in [1.165, 1.54) is 0 Å². The molecule has 5 heteroatoms. The molecule has 0 saturated carbocycles. The first kappa shape index (κ1) is 12.9. The van der Waals surface area contributed by atoms with Crippen LogP contribution in [0.4, 0.5) is 0 Å². The smallest absolute Gasteiger partial charge is 0.300 e. The Kier molecular flexibility index (Phi) is 5.87. The quantitative estimate of drug-likeness (QED) is 0.581. The van der Waals surface area contributed by atoms with Crippen LogP contribution in [0, 0.1) is 0 Å². The van der Waals surface area contributed by atoms with Gasteiger partial charge in [0.2, 0.25) is 5.91 Å². The van der Waals surface area contributed by atoms with E-state index in [1.807, 2.05) is 4.90 Å². The van der Waals surface area contributed by atoms with Gasteiger partial charge in [0.15, 0.2) is 0 Å². The second kappa shape index (κ2) is 6.37. The molecule has 0 aromatic heterocycles. The predicted molar refractivity (Wildman–Crippen MR) is 52.8 cm³/mol. The molecule has 1 aliphatic rings. The number of piperidine rings is 1. The van der Waals surface area contributed by atoms with E-state index >= 15 is 0 Å². The number of aliphatic carboxylic acids is 1. The monoisotopic (exact) mass is 202 g/mol. The SMILES string of the molecule is CC(=O)N1CCCC(N)C1.CC(=O)O. The lowest BCUT2D eigenvalue weighted by Gasteiger charge is -2.29. The molecule has 0 aromatic rings. The first-order valence-electron chi connectivity index (χ1n) is 4.64. The molecule has 0 bridgehead atoms. The summed E-state index contributed by atoms with van der Waals surface area (Å²) in [5.41, 5.74) is 5.67. The number of nitrogens with zero attached hydrogens (tertiary/aromatic N) is 1. The van der Waals surface area contributed by atoms with Crippen molar-refractivity contribution >= 4 is 11.9 Å². The minimum absolute atomic E-state index is 0.148. The lowest BCUT2D eigenvalue weighted by atomic mass is 10.1. The molecule has 1 rings (SSSR count). The van der Waals surface area contributed by atoms with Crippen LogP contribution in [0.5, 0.6) is 0 Å². The van der Waals surface area contributed by atoms with Crippen molar-refractivity contribution in [2.24, 2.45) is 5.73 Å². The average molecular weight is 202 g/mol. The Morgan fingerprint density at radius 1 is 1.43 bits per heavy atom. The zero-order valence-electron chi connectivity index (χ0n) is 8.69. The van der Waals surface area contributed by atoms with Gasteiger partial charge in [0, 0.05) is 33.0 Å². The highest BCUT2D eigenvalue weighted by Crippen LogP contribution is 2.07. The molecule has 1 heterocycles. The van der Waals surface area contributed by atoms with Crippen LogP contribution >= 0.6 is 0 Å². The average Bonchev–Trinajstić information content (AvgIpc) is 2.03. The van der Waals surface area contributed by atoms with Crippen molar-refractivity contribution in [3.8, 4) is 0 Å². The summed E-state index contributed by atoms with van der Waals surface area (Å²) in [6.07, 6.45) is 2.12.